The summed E-state index contributed by atoms with van der Waals surface area (Å²) in [6.45, 7) is 1.99. The molecular formula is C15H16N4O2. The Balaban J connectivity index is 2.27. The number of carbonyl (C=O) groups is 2. The molecule has 2 aromatic rings. The van der Waals surface area contributed by atoms with Crippen LogP contribution in [0.15, 0.2) is 36.5 Å². The quantitative estimate of drug-likeness (QED) is 0.783. The predicted molar refractivity (Wildman–Crippen MR) is 79.8 cm³/mol. The third kappa shape index (κ3) is 3.24. The fraction of sp³-hybridized carbons (Fsp3) is 0.133. The minimum Gasteiger partial charge on any atom is -0.366 e. The summed E-state index contributed by atoms with van der Waals surface area (Å²) in [7, 11) is 0. The number of pyridine rings is 1. The van der Waals surface area contributed by atoms with E-state index in [1.165, 1.54) is 6.20 Å². The molecule has 0 aliphatic heterocycles. The SMILES string of the molecule is Cc1c(NC(=O)c2ccnc(CN)c2)cccc1C(N)=O. The number of nitrogens with two attached hydrogens (primary N) is 2. The van der Waals surface area contributed by atoms with Crippen LogP contribution in [0.1, 0.15) is 32.0 Å². The molecule has 6 heteroatoms. The van der Waals surface area contributed by atoms with Crippen LogP contribution in [0.3, 0.4) is 0 Å². The summed E-state index contributed by atoms with van der Waals surface area (Å²) in [5, 5.41) is 2.76. The van der Waals surface area contributed by atoms with Crippen LogP contribution in [0.5, 0.6) is 0 Å². The Morgan fingerprint density at radius 3 is 2.71 bits per heavy atom. The number of anilines is 1. The molecule has 6 nitrogen and oxygen atoms in total. The first-order chi connectivity index (χ1) is 10.0. The molecule has 0 saturated heterocycles. The molecule has 0 saturated carbocycles. The third-order valence-corrected chi connectivity index (χ3v) is 3.14. The van der Waals surface area contributed by atoms with Crippen molar-refractivity contribution in [1.82, 2.24) is 4.98 Å². The second kappa shape index (κ2) is 6.15. The maximum Gasteiger partial charge on any atom is 0.255 e. The van der Waals surface area contributed by atoms with Gasteiger partial charge in [-0.2, -0.15) is 0 Å². The predicted octanol–water partition coefficient (Wildman–Crippen LogP) is 1.20. The van der Waals surface area contributed by atoms with Crippen LogP contribution in [-0.2, 0) is 6.54 Å². The van der Waals surface area contributed by atoms with Gasteiger partial charge in [-0.05, 0) is 36.8 Å². The van der Waals surface area contributed by atoms with Gasteiger partial charge in [0.05, 0.1) is 5.69 Å². The molecular weight excluding hydrogens is 268 g/mol. The standard InChI is InChI=1S/C15H16N4O2/c1-9-12(14(17)20)3-2-4-13(9)19-15(21)10-5-6-18-11(7-10)8-16/h2-7H,8,16H2,1H3,(H2,17,20)(H,19,21). The van der Waals surface area contributed by atoms with E-state index in [4.69, 9.17) is 11.5 Å². The minimum atomic E-state index is -0.530. The first-order valence-electron chi connectivity index (χ1n) is 6.38. The van der Waals surface area contributed by atoms with E-state index < -0.39 is 5.91 Å². The van der Waals surface area contributed by atoms with Gasteiger partial charge < -0.3 is 16.8 Å². The number of nitrogens with one attached hydrogen (secondary N) is 1. The number of aromatic nitrogens is 1. The lowest BCUT2D eigenvalue weighted by Gasteiger charge is -2.11. The van der Waals surface area contributed by atoms with Crippen LogP contribution in [-0.4, -0.2) is 16.8 Å². The molecule has 0 bridgehead atoms. The van der Waals surface area contributed by atoms with Crippen molar-refractivity contribution in [2.24, 2.45) is 11.5 Å². The first-order valence-corrected chi connectivity index (χ1v) is 6.38. The summed E-state index contributed by atoms with van der Waals surface area (Å²) in [6, 6.07) is 8.22. The molecule has 2 rings (SSSR count). The van der Waals surface area contributed by atoms with E-state index in [0.29, 0.717) is 28.1 Å². The fourth-order valence-corrected chi connectivity index (χ4v) is 1.96. The molecule has 0 aliphatic carbocycles. The van der Waals surface area contributed by atoms with Gasteiger partial charge in [-0.25, -0.2) is 0 Å². The fourth-order valence-electron chi connectivity index (χ4n) is 1.96. The van der Waals surface area contributed by atoms with Crippen LogP contribution in [0.4, 0.5) is 5.69 Å². The first kappa shape index (κ1) is 14.7. The zero-order valence-corrected chi connectivity index (χ0v) is 11.6. The molecule has 2 amide bonds. The maximum atomic E-state index is 12.2. The van der Waals surface area contributed by atoms with E-state index in [1.54, 1.807) is 37.3 Å². The van der Waals surface area contributed by atoms with Crippen LogP contribution in [0.25, 0.3) is 0 Å². The molecule has 0 spiro atoms. The van der Waals surface area contributed by atoms with Gasteiger partial charge in [-0.15, -0.1) is 0 Å². The van der Waals surface area contributed by atoms with Crippen molar-refractivity contribution in [2.75, 3.05) is 5.32 Å². The molecule has 21 heavy (non-hydrogen) atoms. The molecule has 0 fully saturated rings. The Kier molecular flexibility index (Phi) is 4.30. The van der Waals surface area contributed by atoms with E-state index >= 15 is 0 Å². The van der Waals surface area contributed by atoms with E-state index in [2.05, 4.69) is 10.3 Å². The van der Waals surface area contributed by atoms with E-state index in [0.717, 1.165) is 0 Å². The van der Waals surface area contributed by atoms with Gasteiger partial charge in [0.1, 0.15) is 0 Å². The lowest BCUT2D eigenvalue weighted by atomic mass is 10.1. The highest BCUT2D eigenvalue weighted by molar-refractivity contribution is 6.05. The molecule has 1 heterocycles. The van der Waals surface area contributed by atoms with Crippen molar-refractivity contribution in [2.45, 2.75) is 13.5 Å². The second-order valence-corrected chi connectivity index (χ2v) is 4.54. The van der Waals surface area contributed by atoms with Gasteiger partial charge in [0.2, 0.25) is 5.91 Å². The second-order valence-electron chi connectivity index (χ2n) is 4.54. The smallest absolute Gasteiger partial charge is 0.255 e. The number of rotatable bonds is 4. The summed E-state index contributed by atoms with van der Waals surface area (Å²) in [6.07, 6.45) is 1.53. The molecule has 108 valence electrons. The monoisotopic (exact) mass is 284 g/mol. The van der Waals surface area contributed by atoms with Gasteiger partial charge in [-0.3, -0.25) is 14.6 Å². The normalized spacial score (nSPS) is 10.2. The average Bonchev–Trinajstić information content (AvgIpc) is 2.49. The Bertz CT molecular complexity index is 698. The largest absolute Gasteiger partial charge is 0.366 e. The Labute approximate surface area is 122 Å². The van der Waals surface area contributed by atoms with Crippen molar-refractivity contribution < 1.29 is 9.59 Å². The van der Waals surface area contributed by atoms with Crippen LogP contribution >= 0.6 is 0 Å². The maximum absolute atomic E-state index is 12.2. The zero-order chi connectivity index (χ0) is 15.4. The Morgan fingerprint density at radius 1 is 1.29 bits per heavy atom. The third-order valence-electron chi connectivity index (χ3n) is 3.14. The summed E-state index contributed by atoms with van der Waals surface area (Å²) >= 11 is 0. The number of primary amides is 1. The van der Waals surface area contributed by atoms with Gasteiger partial charge >= 0.3 is 0 Å². The van der Waals surface area contributed by atoms with E-state index in [1.807, 2.05) is 0 Å². The van der Waals surface area contributed by atoms with E-state index in [9.17, 15) is 9.59 Å². The van der Waals surface area contributed by atoms with Crippen molar-refractivity contribution in [3.05, 3.63) is 58.9 Å². The minimum absolute atomic E-state index is 0.261. The highest BCUT2D eigenvalue weighted by atomic mass is 16.2. The van der Waals surface area contributed by atoms with Gasteiger partial charge in [0, 0.05) is 29.6 Å². The van der Waals surface area contributed by atoms with Crippen LogP contribution in [0.2, 0.25) is 0 Å². The highest BCUT2D eigenvalue weighted by Crippen LogP contribution is 2.19. The number of carbonyl (C=O) groups excluding carboxylic acids is 2. The lowest BCUT2D eigenvalue weighted by Crippen LogP contribution is -2.17. The number of nitrogens with zero attached hydrogens (tertiary/aromatic N) is 1. The molecule has 0 radical (unpaired) electrons. The molecule has 1 aromatic carbocycles. The summed E-state index contributed by atoms with van der Waals surface area (Å²) in [5.41, 5.74) is 13.4. The van der Waals surface area contributed by atoms with E-state index in [-0.39, 0.29) is 12.5 Å². The lowest BCUT2D eigenvalue weighted by molar-refractivity contribution is 0.0995. The topological polar surface area (TPSA) is 111 Å². The van der Waals surface area contributed by atoms with Crippen molar-refractivity contribution in [3.8, 4) is 0 Å². The molecule has 1 aromatic heterocycles. The highest BCUT2D eigenvalue weighted by Gasteiger charge is 2.12. The van der Waals surface area contributed by atoms with Crippen molar-refractivity contribution in [3.63, 3.8) is 0 Å². The average molecular weight is 284 g/mol. The zero-order valence-electron chi connectivity index (χ0n) is 11.6. The Morgan fingerprint density at radius 2 is 2.05 bits per heavy atom. The van der Waals surface area contributed by atoms with Gasteiger partial charge in [0.25, 0.3) is 5.91 Å². The molecule has 5 N–H and O–H groups in total. The van der Waals surface area contributed by atoms with Crippen LogP contribution in [0, 0.1) is 6.92 Å². The number of hydrogen-bond acceptors (Lipinski definition) is 4. The summed E-state index contributed by atoms with van der Waals surface area (Å²) < 4.78 is 0. The summed E-state index contributed by atoms with van der Waals surface area (Å²) in [5.74, 6) is -0.824. The number of benzene rings is 1. The molecule has 0 aliphatic rings. The number of amides is 2. The van der Waals surface area contributed by atoms with Gasteiger partial charge in [-0.1, -0.05) is 6.07 Å². The van der Waals surface area contributed by atoms with Gasteiger partial charge in [0.15, 0.2) is 0 Å². The van der Waals surface area contributed by atoms with Crippen LogP contribution < -0.4 is 16.8 Å². The Hall–Kier alpha value is -2.73. The molecule has 0 atom stereocenters. The molecule has 0 unspecified atom stereocenters. The van der Waals surface area contributed by atoms with Crippen molar-refractivity contribution in [1.29, 1.82) is 0 Å². The number of hydrogen-bond donors (Lipinski definition) is 3. The van der Waals surface area contributed by atoms with Crippen molar-refractivity contribution >= 4 is 17.5 Å². The summed E-state index contributed by atoms with van der Waals surface area (Å²) in [4.78, 5) is 27.6.